The molecule has 0 fully saturated rings. The first-order chi connectivity index (χ1) is 34.2. The van der Waals surface area contributed by atoms with Gasteiger partial charge in [-0.15, -0.1) is 139 Å². The van der Waals surface area contributed by atoms with Crippen LogP contribution >= 0.6 is 281 Å². The third-order valence-corrected chi connectivity index (χ3v) is 40.4. The van der Waals surface area contributed by atoms with Crippen molar-refractivity contribution in [2.75, 3.05) is 50.0 Å². The summed E-state index contributed by atoms with van der Waals surface area (Å²) in [6, 6.07) is 18.8. The Labute approximate surface area is 513 Å². The van der Waals surface area contributed by atoms with Crippen molar-refractivity contribution in [1.82, 2.24) is 0 Å². The normalized spacial score (nSPS) is 19.0. The van der Waals surface area contributed by atoms with E-state index in [-0.39, 0.29) is 0 Å². The summed E-state index contributed by atoms with van der Waals surface area (Å²) in [7, 11) is 0. The quantitative estimate of drug-likeness (QED) is 0.104. The topological polar surface area (TPSA) is 0 Å². The van der Waals surface area contributed by atoms with Gasteiger partial charge in [0.15, 0.2) is 0 Å². The van der Waals surface area contributed by atoms with E-state index in [1.165, 1.54) is 118 Å². The van der Waals surface area contributed by atoms with Gasteiger partial charge in [-0.3, -0.25) is 0 Å². The van der Waals surface area contributed by atoms with Gasteiger partial charge in [-0.05, 0) is 123 Å². The predicted octanol–water partition coefficient (Wildman–Crippen LogP) is 24.9. The molecular weight excluding hydrogens is 1320 g/mol. The van der Waals surface area contributed by atoms with Crippen LogP contribution in [-0.2, 0) is 0 Å². The van der Waals surface area contributed by atoms with E-state index < -0.39 is 0 Å². The van der Waals surface area contributed by atoms with E-state index in [0.29, 0.717) is 0 Å². The van der Waals surface area contributed by atoms with Crippen molar-refractivity contribution < 1.29 is 0 Å². The van der Waals surface area contributed by atoms with Crippen molar-refractivity contribution in [3.8, 4) is 0 Å². The summed E-state index contributed by atoms with van der Waals surface area (Å²) in [6.07, 6.45) is 27.1. The van der Waals surface area contributed by atoms with Crippen LogP contribution in [0.3, 0.4) is 0 Å². The zero-order valence-electron chi connectivity index (χ0n) is 37.7. The largest absolute Gasteiger partial charge is 0.135 e. The van der Waals surface area contributed by atoms with E-state index in [4.69, 9.17) is 0 Å². The zero-order valence-corrected chi connectivity index (χ0v) is 57.3. The van der Waals surface area contributed by atoms with Gasteiger partial charge >= 0.3 is 0 Å². The Morgan fingerprint density at radius 3 is 0.614 bits per heavy atom. The second-order valence-corrected chi connectivity index (χ2v) is 40.8. The van der Waals surface area contributed by atoms with Crippen molar-refractivity contribution in [3.05, 3.63) is 147 Å². The summed E-state index contributed by atoms with van der Waals surface area (Å²) in [5, 5.41) is 0. The molecule has 6 aliphatic rings. The fourth-order valence-corrected chi connectivity index (χ4v) is 37.0. The lowest BCUT2D eigenvalue weighted by atomic mass is 10.3. The van der Waals surface area contributed by atoms with E-state index in [9.17, 15) is 0 Å². The Hall–Kier alpha value is 2.94. The minimum absolute atomic E-state index is 1.31. The van der Waals surface area contributed by atoms with Crippen molar-refractivity contribution >= 4 is 325 Å². The van der Waals surface area contributed by atoms with Crippen LogP contribution in [0.5, 0.6) is 0 Å². The molecule has 0 nitrogen and oxygen atoms in total. The summed E-state index contributed by atoms with van der Waals surface area (Å²) in [5.74, 6) is 0. The van der Waals surface area contributed by atoms with Crippen LogP contribution in [0.2, 0.25) is 0 Å². The summed E-state index contributed by atoms with van der Waals surface area (Å²) in [4.78, 5) is 16.1. The maximum absolute atomic E-state index is 2.40. The average Bonchev–Trinajstić information content (AvgIpc) is 4.22. The van der Waals surface area contributed by atoms with Gasteiger partial charge in [0.05, 0.1) is 59.3 Å². The average molecular weight is 1360 g/mol. The first kappa shape index (κ1) is 56.2. The standard InChI is InChI=1S/C46H36S24/c1-47-37-38(48-2)60-29(59-37)17-21-9-13-25(55-21)33-34(26-14-10-22(56-26)18-30-61-39(49-3)40(50-4)62-30)68-45(67-33)46-69-35(27-15-11-23(57-27)19-31-63-41(51-5)42(52-6)64-31)36(70-46)28-16-12-24(58-28)20-32-65-43(53-7)44(54-8)66-32/h9-20H,1-8H3. The fourth-order valence-electron chi connectivity index (χ4n) is 6.47. The van der Waals surface area contributed by atoms with Crippen LogP contribution in [0.4, 0.5) is 0 Å². The molecule has 0 amide bonds. The van der Waals surface area contributed by atoms with E-state index in [2.05, 4.69) is 123 Å². The van der Waals surface area contributed by atoms with Gasteiger partial charge in [-0.1, -0.05) is 141 Å². The first-order valence-corrected chi connectivity index (χ1v) is 43.0. The summed E-state index contributed by atoms with van der Waals surface area (Å²) in [6.45, 7) is 0. The van der Waals surface area contributed by atoms with Gasteiger partial charge in [0, 0.05) is 58.6 Å². The minimum Gasteiger partial charge on any atom is -0.135 e. The van der Waals surface area contributed by atoms with E-state index >= 15 is 0 Å². The molecule has 364 valence electrons. The molecule has 0 aromatic carbocycles. The fraction of sp³-hybridized carbons (Fsp3) is 0.174. The van der Waals surface area contributed by atoms with Crippen molar-refractivity contribution in [3.63, 3.8) is 0 Å². The molecule has 4 aromatic heterocycles. The summed E-state index contributed by atoms with van der Waals surface area (Å²) >= 11 is 45.8. The molecule has 10 rings (SSSR count). The Kier molecular flexibility index (Phi) is 21.3. The highest BCUT2D eigenvalue weighted by molar-refractivity contribution is 8.43. The lowest BCUT2D eigenvalue weighted by Gasteiger charge is -2.02. The number of hydrogen-bond acceptors (Lipinski definition) is 24. The summed E-state index contributed by atoms with van der Waals surface area (Å²) < 4.78 is 19.5. The monoisotopic (exact) mass is 1360 g/mol. The highest BCUT2D eigenvalue weighted by atomic mass is 32.3. The maximum Gasteiger partial charge on any atom is 0.0707 e. The molecular formula is C46H36S24. The van der Waals surface area contributed by atoms with Crippen LogP contribution in [0.15, 0.2) is 108 Å². The molecule has 4 aromatic rings. The van der Waals surface area contributed by atoms with Gasteiger partial charge in [-0.2, -0.15) is 0 Å². The third-order valence-electron chi connectivity index (χ3n) is 9.50. The van der Waals surface area contributed by atoms with E-state index in [1.54, 1.807) is 0 Å². The zero-order chi connectivity index (χ0) is 48.5. The Balaban J connectivity index is 0.988. The first-order valence-electron chi connectivity index (χ1n) is 20.1. The molecule has 0 aliphatic carbocycles. The van der Waals surface area contributed by atoms with Crippen molar-refractivity contribution in [2.24, 2.45) is 0 Å². The van der Waals surface area contributed by atoms with Crippen LogP contribution < -0.4 is 0 Å². The second-order valence-electron chi connectivity index (χ2n) is 13.7. The molecule has 0 bridgehead atoms. The van der Waals surface area contributed by atoms with Gasteiger partial charge in [0.25, 0.3) is 0 Å². The molecule has 10 heterocycles. The van der Waals surface area contributed by atoms with Gasteiger partial charge in [-0.25, -0.2) is 0 Å². The van der Waals surface area contributed by atoms with Crippen LogP contribution in [-0.4, -0.2) is 50.0 Å². The Morgan fingerprint density at radius 1 is 0.257 bits per heavy atom. The Morgan fingerprint density at radius 2 is 0.443 bits per heavy atom. The molecule has 0 saturated carbocycles. The molecule has 0 unspecified atom stereocenters. The highest BCUT2D eigenvalue weighted by Crippen LogP contribution is 2.69. The molecule has 0 N–H and O–H groups in total. The number of hydrogen-bond donors (Lipinski definition) is 0. The molecule has 0 spiro atoms. The molecule has 70 heavy (non-hydrogen) atoms. The lowest BCUT2D eigenvalue weighted by molar-refractivity contribution is 1.89. The van der Waals surface area contributed by atoms with E-state index in [1.807, 2.05) is 281 Å². The molecule has 0 saturated heterocycles. The van der Waals surface area contributed by atoms with E-state index in [0.717, 1.165) is 0 Å². The van der Waals surface area contributed by atoms with Crippen molar-refractivity contribution in [2.45, 2.75) is 0 Å². The van der Waals surface area contributed by atoms with Crippen LogP contribution in [0.25, 0.3) is 43.9 Å². The molecule has 0 atom stereocenters. The maximum atomic E-state index is 2.40. The van der Waals surface area contributed by atoms with Gasteiger partial charge < -0.3 is 0 Å². The van der Waals surface area contributed by atoms with Crippen LogP contribution in [0.1, 0.15) is 39.0 Å². The third kappa shape index (κ3) is 13.1. The highest BCUT2D eigenvalue weighted by Gasteiger charge is 2.35. The predicted molar refractivity (Wildman–Crippen MR) is 377 cm³/mol. The number of rotatable bonds is 16. The van der Waals surface area contributed by atoms with Gasteiger partial charge in [0.2, 0.25) is 0 Å². The second kappa shape index (κ2) is 26.5. The lowest BCUT2D eigenvalue weighted by Crippen LogP contribution is -1.74. The number of thioether (sulfide) groups is 20. The molecule has 0 radical (unpaired) electrons. The SMILES string of the molecule is CSC1=C(SC)SC(=Cc2ccc(C3=C(c4ccc(C=C5SC(SC)=C(SC)S5)s4)SC(=C4SC(c5ccc(C=C6SC(SC)=C(SC)S6)s5)=C(c5ccc(C=C6SC(SC)=C(SC)S6)s5)S4)S3)s2)S1. The van der Waals surface area contributed by atoms with Gasteiger partial charge in [0.1, 0.15) is 0 Å². The minimum atomic E-state index is 1.31. The van der Waals surface area contributed by atoms with Crippen molar-refractivity contribution in [1.29, 1.82) is 0 Å². The summed E-state index contributed by atoms with van der Waals surface area (Å²) in [5.41, 5.74) is 0. The Bertz CT molecular complexity index is 2610. The smallest absolute Gasteiger partial charge is 0.0707 e. The molecule has 6 aliphatic heterocycles. The number of thiophene rings is 4. The molecule has 24 heteroatoms. The van der Waals surface area contributed by atoms with Crippen LogP contribution in [0, 0.1) is 0 Å².